The van der Waals surface area contributed by atoms with Crippen LogP contribution < -0.4 is 10.1 Å². The van der Waals surface area contributed by atoms with Gasteiger partial charge in [0.2, 0.25) is 11.7 Å². The van der Waals surface area contributed by atoms with Gasteiger partial charge in [0.15, 0.2) is 6.61 Å². The standard InChI is InChI=1S/C33H29Cl2NO5/c1-33(2,22-6-4-3-5-7-22)23-8-13-26(14-9-23)41-27-15-11-25(12-16-27)36-31(38)18-19-32(39)40-21-30(37)28-17-10-24(34)20-29(28)35/h3-17,20H,18-19,21H2,1-2H3,(H,36,38). The summed E-state index contributed by atoms with van der Waals surface area (Å²) in [6.07, 6.45) is -0.273. The largest absolute Gasteiger partial charge is 0.457 e. The van der Waals surface area contributed by atoms with Crippen molar-refractivity contribution in [3.8, 4) is 11.5 Å². The highest BCUT2D eigenvalue weighted by Gasteiger charge is 2.22. The molecule has 0 bridgehead atoms. The minimum atomic E-state index is -0.666. The maximum atomic E-state index is 12.3. The van der Waals surface area contributed by atoms with Crippen molar-refractivity contribution in [1.82, 2.24) is 0 Å². The van der Waals surface area contributed by atoms with E-state index in [0.29, 0.717) is 22.2 Å². The highest BCUT2D eigenvalue weighted by molar-refractivity contribution is 6.36. The average molecular weight is 591 g/mol. The Labute approximate surface area is 249 Å². The van der Waals surface area contributed by atoms with Gasteiger partial charge in [-0.3, -0.25) is 14.4 Å². The Morgan fingerprint density at radius 3 is 2.00 bits per heavy atom. The van der Waals surface area contributed by atoms with E-state index in [1.165, 1.54) is 29.3 Å². The van der Waals surface area contributed by atoms with E-state index in [2.05, 4.69) is 43.4 Å². The monoisotopic (exact) mass is 589 g/mol. The second kappa shape index (κ2) is 13.5. The van der Waals surface area contributed by atoms with Crippen molar-refractivity contribution in [2.45, 2.75) is 32.1 Å². The van der Waals surface area contributed by atoms with Gasteiger partial charge in [0.1, 0.15) is 11.5 Å². The van der Waals surface area contributed by atoms with Crippen LogP contribution in [0.1, 0.15) is 48.2 Å². The van der Waals surface area contributed by atoms with E-state index < -0.39 is 18.4 Å². The van der Waals surface area contributed by atoms with E-state index in [4.69, 9.17) is 32.7 Å². The van der Waals surface area contributed by atoms with Gasteiger partial charge in [-0.05, 0) is 65.7 Å². The normalized spacial score (nSPS) is 11.0. The molecule has 4 rings (SSSR count). The van der Waals surface area contributed by atoms with Gasteiger partial charge in [0.25, 0.3) is 0 Å². The molecule has 0 aromatic heterocycles. The Bertz CT molecular complexity index is 1520. The van der Waals surface area contributed by atoms with Crippen LogP contribution in [0, 0.1) is 0 Å². The molecule has 1 N–H and O–H groups in total. The first kappa shape index (κ1) is 29.8. The molecule has 0 saturated heterocycles. The number of anilines is 1. The van der Waals surface area contributed by atoms with Gasteiger partial charge in [0.05, 0.1) is 11.4 Å². The Balaban J connectivity index is 1.22. The molecule has 0 aliphatic rings. The predicted molar refractivity (Wildman–Crippen MR) is 161 cm³/mol. The van der Waals surface area contributed by atoms with Crippen LogP contribution in [0.3, 0.4) is 0 Å². The molecule has 0 heterocycles. The second-order valence-electron chi connectivity index (χ2n) is 9.90. The number of carbonyl (C=O) groups is 3. The van der Waals surface area contributed by atoms with Crippen molar-refractivity contribution in [1.29, 1.82) is 0 Å². The smallest absolute Gasteiger partial charge is 0.306 e. The average Bonchev–Trinajstić information content (AvgIpc) is 2.96. The summed E-state index contributed by atoms with van der Waals surface area (Å²) in [5.41, 5.74) is 3.04. The molecule has 8 heteroatoms. The number of esters is 1. The molecule has 6 nitrogen and oxygen atoms in total. The van der Waals surface area contributed by atoms with E-state index in [9.17, 15) is 14.4 Å². The maximum Gasteiger partial charge on any atom is 0.306 e. The number of ketones is 1. The number of hydrogen-bond donors (Lipinski definition) is 1. The molecular formula is C33H29Cl2NO5. The Hall–Kier alpha value is -4.13. The molecule has 0 saturated carbocycles. The van der Waals surface area contributed by atoms with E-state index in [0.717, 1.165) is 0 Å². The first-order chi connectivity index (χ1) is 19.6. The lowest BCUT2D eigenvalue weighted by atomic mass is 9.78. The van der Waals surface area contributed by atoms with Crippen LogP contribution in [0.4, 0.5) is 5.69 Å². The second-order valence-corrected chi connectivity index (χ2v) is 10.7. The predicted octanol–water partition coefficient (Wildman–Crippen LogP) is 8.26. The van der Waals surface area contributed by atoms with Crippen LogP contribution in [0.2, 0.25) is 10.0 Å². The first-order valence-corrected chi connectivity index (χ1v) is 13.7. The highest BCUT2D eigenvalue weighted by Crippen LogP contribution is 2.33. The summed E-state index contributed by atoms with van der Waals surface area (Å²) in [4.78, 5) is 36.5. The Morgan fingerprint density at radius 1 is 0.756 bits per heavy atom. The molecule has 1 amide bonds. The number of Topliss-reactive ketones (excluding diaryl/α,β-unsaturated/α-hetero) is 1. The number of carbonyl (C=O) groups excluding carboxylic acids is 3. The number of benzene rings is 4. The molecule has 0 unspecified atom stereocenters. The van der Waals surface area contributed by atoms with Crippen molar-refractivity contribution in [2.75, 3.05) is 11.9 Å². The van der Waals surface area contributed by atoms with Crippen molar-refractivity contribution in [3.63, 3.8) is 0 Å². The van der Waals surface area contributed by atoms with Gasteiger partial charge in [0, 0.05) is 28.1 Å². The van der Waals surface area contributed by atoms with E-state index in [-0.39, 0.29) is 34.7 Å². The fraction of sp³-hybridized carbons (Fsp3) is 0.182. The number of rotatable bonds is 11. The number of nitrogens with one attached hydrogen (secondary N) is 1. The van der Waals surface area contributed by atoms with Crippen molar-refractivity contribution in [2.24, 2.45) is 0 Å². The van der Waals surface area contributed by atoms with Crippen LogP contribution in [-0.2, 0) is 19.7 Å². The van der Waals surface area contributed by atoms with Crippen LogP contribution >= 0.6 is 23.2 Å². The van der Waals surface area contributed by atoms with Crippen molar-refractivity contribution >= 4 is 46.5 Å². The third kappa shape index (κ3) is 8.19. The topological polar surface area (TPSA) is 81.7 Å². The summed E-state index contributed by atoms with van der Waals surface area (Å²) in [6.45, 7) is 3.90. The third-order valence-corrected chi connectivity index (χ3v) is 7.15. The number of hydrogen-bond acceptors (Lipinski definition) is 5. The third-order valence-electron chi connectivity index (χ3n) is 6.60. The Kier molecular flexibility index (Phi) is 9.82. The SMILES string of the molecule is CC(C)(c1ccccc1)c1ccc(Oc2ccc(NC(=O)CCC(=O)OCC(=O)c3ccc(Cl)cc3Cl)cc2)cc1. The molecule has 41 heavy (non-hydrogen) atoms. The van der Waals surface area contributed by atoms with Gasteiger partial charge in [-0.25, -0.2) is 0 Å². The summed E-state index contributed by atoms with van der Waals surface area (Å²) >= 11 is 11.8. The van der Waals surface area contributed by atoms with Crippen LogP contribution in [0.25, 0.3) is 0 Å². The highest BCUT2D eigenvalue weighted by atomic mass is 35.5. The fourth-order valence-corrected chi connectivity index (χ4v) is 4.67. The van der Waals surface area contributed by atoms with Gasteiger partial charge in [-0.1, -0.05) is 79.5 Å². The number of halogens is 2. The molecule has 0 radical (unpaired) electrons. The van der Waals surface area contributed by atoms with Crippen LogP contribution in [-0.4, -0.2) is 24.3 Å². The summed E-state index contributed by atoms with van der Waals surface area (Å²) in [5.74, 6) is -0.171. The van der Waals surface area contributed by atoms with E-state index >= 15 is 0 Å². The van der Waals surface area contributed by atoms with E-state index in [1.807, 2.05) is 30.3 Å². The summed E-state index contributed by atoms with van der Waals surface area (Å²) in [6, 6.07) is 29.7. The van der Waals surface area contributed by atoms with Crippen molar-refractivity contribution in [3.05, 3.63) is 124 Å². The molecular weight excluding hydrogens is 561 g/mol. The van der Waals surface area contributed by atoms with Crippen LogP contribution in [0.15, 0.2) is 97.1 Å². The first-order valence-electron chi connectivity index (χ1n) is 13.0. The summed E-state index contributed by atoms with van der Waals surface area (Å²) < 4.78 is 11.0. The fourth-order valence-electron chi connectivity index (χ4n) is 4.15. The van der Waals surface area contributed by atoms with Gasteiger partial charge in [-0.2, -0.15) is 0 Å². The van der Waals surface area contributed by atoms with Crippen LogP contribution in [0.5, 0.6) is 11.5 Å². The van der Waals surface area contributed by atoms with Crippen molar-refractivity contribution < 1.29 is 23.9 Å². The minimum absolute atomic E-state index is 0.0986. The zero-order chi connectivity index (χ0) is 29.4. The molecule has 0 aliphatic heterocycles. The molecule has 210 valence electrons. The zero-order valence-corrected chi connectivity index (χ0v) is 24.2. The number of amides is 1. The zero-order valence-electron chi connectivity index (χ0n) is 22.7. The van der Waals surface area contributed by atoms with E-state index in [1.54, 1.807) is 24.3 Å². The van der Waals surface area contributed by atoms with Gasteiger partial charge in [-0.15, -0.1) is 0 Å². The quantitative estimate of drug-likeness (QED) is 0.141. The molecule has 0 spiro atoms. The minimum Gasteiger partial charge on any atom is -0.457 e. The maximum absolute atomic E-state index is 12.3. The molecule has 0 aliphatic carbocycles. The lowest BCUT2D eigenvalue weighted by molar-refractivity contribution is -0.143. The van der Waals surface area contributed by atoms with Gasteiger partial charge >= 0.3 is 5.97 Å². The lowest BCUT2D eigenvalue weighted by Gasteiger charge is -2.26. The van der Waals surface area contributed by atoms with Gasteiger partial charge < -0.3 is 14.8 Å². The molecule has 0 fully saturated rings. The lowest BCUT2D eigenvalue weighted by Crippen LogP contribution is -2.18. The molecule has 4 aromatic rings. The molecule has 0 atom stereocenters. The molecule has 4 aromatic carbocycles. The number of ether oxygens (including phenoxy) is 2. The summed E-state index contributed by atoms with van der Waals surface area (Å²) in [7, 11) is 0. The Morgan fingerprint density at radius 2 is 1.37 bits per heavy atom. The summed E-state index contributed by atoms with van der Waals surface area (Å²) in [5, 5.41) is 3.30.